The molecule has 0 fully saturated rings. The van der Waals surface area contributed by atoms with Crippen LogP contribution in [0.25, 0.3) is 11.2 Å². The average Bonchev–Trinajstić information content (AvgIpc) is 3.10. The number of fused-ring (bicyclic) bond motifs is 1. The van der Waals surface area contributed by atoms with E-state index in [1.165, 1.54) is 23.4 Å². The standard InChI is InChI=1S/C21H27N5O3S/c1-6-25(7-2)16(27)13-30-20-22-18-17(19(28)24(5)21(29)23(18)4)26(20)12-15-10-8-14(3)9-11-15/h8-11H,6-7,12-13H2,1-5H3. The highest BCUT2D eigenvalue weighted by Gasteiger charge is 2.21. The van der Waals surface area contributed by atoms with E-state index in [1.54, 1.807) is 11.9 Å². The minimum atomic E-state index is -0.428. The molecule has 9 heteroatoms. The third-order valence-corrected chi connectivity index (χ3v) is 6.18. The molecule has 3 rings (SSSR count). The highest BCUT2D eigenvalue weighted by Crippen LogP contribution is 2.23. The van der Waals surface area contributed by atoms with Crippen molar-refractivity contribution in [3.63, 3.8) is 0 Å². The first kappa shape index (κ1) is 21.9. The van der Waals surface area contributed by atoms with Gasteiger partial charge in [0.15, 0.2) is 16.3 Å². The van der Waals surface area contributed by atoms with Crippen LogP contribution in [-0.2, 0) is 25.4 Å². The first-order chi connectivity index (χ1) is 14.3. The zero-order chi connectivity index (χ0) is 22.0. The van der Waals surface area contributed by atoms with E-state index < -0.39 is 11.2 Å². The Balaban J connectivity index is 2.10. The Morgan fingerprint density at radius 3 is 2.30 bits per heavy atom. The molecule has 0 spiro atoms. The van der Waals surface area contributed by atoms with E-state index in [1.807, 2.05) is 49.6 Å². The van der Waals surface area contributed by atoms with Crippen molar-refractivity contribution < 1.29 is 4.79 Å². The number of hydrogen-bond donors (Lipinski definition) is 0. The Morgan fingerprint density at radius 1 is 1.07 bits per heavy atom. The molecule has 0 saturated carbocycles. The van der Waals surface area contributed by atoms with E-state index in [-0.39, 0.29) is 11.7 Å². The average molecular weight is 430 g/mol. The summed E-state index contributed by atoms with van der Waals surface area (Å²) in [4.78, 5) is 44.1. The monoisotopic (exact) mass is 429 g/mol. The van der Waals surface area contributed by atoms with Crippen LogP contribution < -0.4 is 11.2 Å². The zero-order valence-electron chi connectivity index (χ0n) is 18.0. The number of hydrogen-bond acceptors (Lipinski definition) is 5. The summed E-state index contributed by atoms with van der Waals surface area (Å²) in [7, 11) is 3.06. The molecule has 160 valence electrons. The number of imidazole rings is 1. The van der Waals surface area contributed by atoms with Crippen molar-refractivity contribution in [1.82, 2.24) is 23.6 Å². The molecule has 2 aromatic heterocycles. The summed E-state index contributed by atoms with van der Waals surface area (Å²) in [5, 5.41) is 0.546. The summed E-state index contributed by atoms with van der Waals surface area (Å²) < 4.78 is 4.27. The molecular weight excluding hydrogens is 402 g/mol. The topological polar surface area (TPSA) is 82.1 Å². The van der Waals surface area contributed by atoms with Crippen LogP contribution in [0, 0.1) is 6.92 Å². The van der Waals surface area contributed by atoms with Gasteiger partial charge < -0.3 is 9.47 Å². The normalized spacial score (nSPS) is 11.2. The maximum absolute atomic E-state index is 12.9. The van der Waals surface area contributed by atoms with Crippen LogP contribution in [-0.4, -0.2) is 48.3 Å². The van der Waals surface area contributed by atoms with E-state index in [4.69, 9.17) is 0 Å². The molecule has 0 bridgehead atoms. The molecule has 30 heavy (non-hydrogen) atoms. The Kier molecular flexibility index (Phi) is 6.50. The number of rotatable bonds is 7. The quantitative estimate of drug-likeness (QED) is 0.535. The molecule has 8 nitrogen and oxygen atoms in total. The van der Waals surface area contributed by atoms with Crippen molar-refractivity contribution in [3.8, 4) is 0 Å². The van der Waals surface area contributed by atoms with Gasteiger partial charge in [0.05, 0.1) is 12.3 Å². The number of thioether (sulfide) groups is 1. The molecule has 0 unspecified atom stereocenters. The number of amides is 1. The molecule has 1 amide bonds. The summed E-state index contributed by atoms with van der Waals surface area (Å²) in [5.41, 5.74) is 2.02. The van der Waals surface area contributed by atoms with Crippen molar-refractivity contribution in [3.05, 3.63) is 56.2 Å². The van der Waals surface area contributed by atoms with Gasteiger partial charge in [0.25, 0.3) is 5.56 Å². The lowest BCUT2D eigenvalue weighted by Crippen LogP contribution is -2.37. The second-order valence-corrected chi connectivity index (χ2v) is 8.14. The molecule has 3 aromatic rings. The Bertz CT molecular complexity index is 1190. The predicted molar refractivity (Wildman–Crippen MR) is 119 cm³/mol. The van der Waals surface area contributed by atoms with Crippen molar-refractivity contribution in [2.24, 2.45) is 14.1 Å². The molecule has 0 aliphatic heterocycles. The number of aromatic nitrogens is 4. The highest BCUT2D eigenvalue weighted by molar-refractivity contribution is 7.99. The van der Waals surface area contributed by atoms with Crippen molar-refractivity contribution in [1.29, 1.82) is 0 Å². The second-order valence-electron chi connectivity index (χ2n) is 7.20. The number of carbonyl (C=O) groups excluding carboxylic acids is 1. The van der Waals surface area contributed by atoms with Gasteiger partial charge in [-0.3, -0.25) is 18.7 Å². The van der Waals surface area contributed by atoms with Gasteiger partial charge >= 0.3 is 5.69 Å². The van der Waals surface area contributed by atoms with E-state index in [2.05, 4.69) is 4.98 Å². The third kappa shape index (κ3) is 4.07. The molecule has 0 atom stereocenters. The van der Waals surface area contributed by atoms with E-state index >= 15 is 0 Å². The maximum atomic E-state index is 12.9. The van der Waals surface area contributed by atoms with Gasteiger partial charge in [0.2, 0.25) is 5.91 Å². The smallest absolute Gasteiger partial charge is 0.332 e. The number of nitrogens with zero attached hydrogens (tertiary/aromatic N) is 5. The molecule has 1 aromatic carbocycles. The molecular formula is C21H27N5O3S. The predicted octanol–water partition coefficient (Wildman–Crippen LogP) is 1.75. The molecule has 2 heterocycles. The van der Waals surface area contributed by atoms with Crippen molar-refractivity contribution in [2.45, 2.75) is 32.5 Å². The van der Waals surface area contributed by atoms with Crippen molar-refractivity contribution in [2.75, 3.05) is 18.8 Å². The van der Waals surface area contributed by atoms with Crippen LogP contribution >= 0.6 is 11.8 Å². The fraction of sp³-hybridized carbons (Fsp3) is 0.429. The zero-order valence-corrected chi connectivity index (χ0v) is 18.8. The molecule has 0 N–H and O–H groups in total. The van der Waals surface area contributed by atoms with E-state index in [9.17, 15) is 14.4 Å². The van der Waals surface area contributed by atoms with E-state index in [0.29, 0.717) is 36.0 Å². The first-order valence-corrected chi connectivity index (χ1v) is 10.9. The minimum absolute atomic E-state index is 0.0146. The van der Waals surface area contributed by atoms with Gasteiger partial charge in [0.1, 0.15) is 0 Å². The minimum Gasteiger partial charge on any atom is -0.343 e. The summed E-state index contributed by atoms with van der Waals surface area (Å²) in [6.07, 6.45) is 0. The van der Waals surface area contributed by atoms with Gasteiger partial charge in [-0.05, 0) is 26.3 Å². The van der Waals surface area contributed by atoms with E-state index in [0.717, 1.165) is 15.7 Å². The highest BCUT2D eigenvalue weighted by atomic mass is 32.2. The maximum Gasteiger partial charge on any atom is 0.332 e. The molecule has 0 aliphatic carbocycles. The van der Waals surface area contributed by atoms with Crippen LogP contribution in [0.5, 0.6) is 0 Å². The van der Waals surface area contributed by atoms with Gasteiger partial charge in [-0.25, -0.2) is 9.78 Å². The summed E-state index contributed by atoms with van der Waals surface area (Å²) in [5.74, 6) is 0.230. The SMILES string of the molecule is CCN(CC)C(=O)CSc1nc2c(c(=O)n(C)c(=O)n2C)n1Cc1ccc(C)cc1. The lowest BCUT2D eigenvalue weighted by molar-refractivity contribution is -0.127. The number of aryl methyl sites for hydroxylation is 2. The van der Waals surface area contributed by atoms with Crippen LogP contribution in [0.3, 0.4) is 0 Å². The lowest BCUT2D eigenvalue weighted by atomic mass is 10.1. The second kappa shape index (κ2) is 8.91. The van der Waals surface area contributed by atoms with Gasteiger partial charge in [-0.15, -0.1) is 0 Å². The molecule has 0 aliphatic rings. The Labute approximate surface area is 179 Å². The van der Waals surface area contributed by atoms with Crippen LogP contribution in [0.2, 0.25) is 0 Å². The van der Waals surface area contributed by atoms with Gasteiger partial charge in [-0.2, -0.15) is 0 Å². The van der Waals surface area contributed by atoms with Gasteiger partial charge in [0, 0.05) is 27.2 Å². The summed E-state index contributed by atoms with van der Waals surface area (Å²) in [6, 6.07) is 8.03. The lowest BCUT2D eigenvalue weighted by Gasteiger charge is -2.18. The fourth-order valence-electron chi connectivity index (χ4n) is 3.35. The molecule has 0 radical (unpaired) electrons. The Morgan fingerprint density at radius 2 is 1.70 bits per heavy atom. The van der Waals surface area contributed by atoms with Gasteiger partial charge in [-0.1, -0.05) is 41.6 Å². The summed E-state index contributed by atoms with van der Waals surface area (Å²) in [6.45, 7) is 7.61. The van der Waals surface area contributed by atoms with Crippen LogP contribution in [0.1, 0.15) is 25.0 Å². The third-order valence-electron chi connectivity index (χ3n) is 5.22. The number of carbonyl (C=O) groups is 1. The largest absolute Gasteiger partial charge is 0.343 e. The Hall–Kier alpha value is -2.81. The number of benzene rings is 1. The van der Waals surface area contributed by atoms with Crippen LogP contribution in [0.15, 0.2) is 39.0 Å². The van der Waals surface area contributed by atoms with Crippen molar-refractivity contribution >= 4 is 28.8 Å². The van der Waals surface area contributed by atoms with Crippen LogP contribution in [0.4, 0.5) is 0 Å². The molecule has 0 saturated heterocycles. The first-order valence-electron chi connectivity index (χ1n) is 9.90. The summed E-state index contributed by atoms with van der Waals surface area (Å²) >= 11 is 1.29. The fourth-order valence-corrected chi connectivity index (χ4v) is 4.25.